The molecule has 0 radical (unpaired) electrons. The molecule has 0 atom stereocenters. The van der Waals surface area contributed by atoms with Crippen LogP contribution in [0.15, 0.2) is 47.5 Å². The van der Waals surface area contributed by atoms with E-state index in [1.54, 1.807) is 50.4 Å². The predicted octanol–water partition coefficient (Wildman–Crippen LogP) is 5.39. The highest BCUT2D eigenvalue weighted by molar-refractivity contribution is 14.1. The van der Waals surface area contributed by atoms with E-state index in [0.717, 1.165) is 17.7 Å². The fourth-order valence-corrected chi connectivity index (χ4v) is 6.10. The first kappa shape index (κ1) is 31.0. The van der Waals surface area contributed by atoms with Gasteiger partial charge in [-0.3, -0.25) is 4.79 Å². The normalized spacial score (nSPS) is 13.3. The lowest BCUT2D eigenvalue weighted by Crippen LogP contribution is -2.31. The van der Waals surface area contributed by atoms with Crippen LogP contribution in [0.5, 0.6) is 5.75 Å². The molecule has 2 heterocycles. The first-order chi connectivity index (χ1) is 19.4. The number of aromatic nitrogens is 2. The molecule has 4 rings (SSSR count). The molecule has 0 unspecified atom stereocenters. The zero-order valence-electron chi connectivity index (χ0n) is 24.2. The number of anilines is 4. The first-order valence-electron chi connectivity index (χ1n) is 13.5. The summed E-state index contributed by atoms with van der Waals surface area (Å²) in [7, 11) is 0.443. The second-order valence-corrected chi connectivity index (χ2v) is 14.0. The van der Waals surface area contributed by atoms with Crippen LogP contribution in [0.3, 0.4) is 0 Å². The second kappa shape index (κ2) is 12.9. The van der Waals surface area contributed by atoms with Gasteiger partial charge in [-0.25, -0.2) is 13.4 Å². The molecule has 0 fully saturated rings. The maximum Gasteiger partial charge on any atom is 0.254 e. The van der Waals surface area contributed by atoms with E-state index >= 15 is 0 Å². The van der Waals surface area contributed by atoms with E-state index in [0.29, 0.717) is 46.0 Å². The lowest BCUT2D eigenvalue weighted by atomic mass is 10.1. The third-order valence-corrected chi connectivity index (χ3v) is 9.62. The van der Waals surface area contributed by atoms with Crippen LogP contribution in [0.4, 0.5) is 23.1 Å². The van der Waals surface area contributed by atoms with Crippen molar-refractivity contribution >= 4 is 61.5 Å². The number of carbonyl (C=O) groups is 1. The number of alkyl halides is 1. The van der Waals surface area contributed by atoms with Crippen molar-refractivity contribution in [3.8, 4) is 5.75 Å². The van der Waals surface area contributed by atoms with Crippen molar-refractivity contribution in [3.05, 3.63) is 59.3 Å². The number of ether oxygens (including phenoxy) is 1. The summed E-state index contributed by atoms with van der Waals surface area (Å²) in [6.07, 6.45) is 1.61. The Hall–Kier alpha value is -2.97. The van der Waals surface area contributed by atoms with E-state index in [4.69, 9.17) is 9.72 Å². The quantitative estimate of drug-likeness (QED) is 0.191. The number of nitrogens with one attached hydrogen (secondary N) is 2. The Balaban J connectivity index is 1.68. The molecule has 1 aliphatic rings. The van der Waals surface area contributed by atoms with Gasteiger partial charge in [0.25, 0.3) is 5.91 Å². The summed E-state index contributed by atoms with van der Waals surface area (Å²) in [5.74, 6) is 1.36. The molecular formula is C29H37IN6O4S. The lowest BCUT2D eigenvalue weighted by Gasteiger charge is -2.18. The molecular weight excluding hydrogens is 655 g/mol. The van der Waals surface area contributed by atoms with Crippen molar-refractivity contribution in [1.82, 2.24) is 19.8 Å². The lowest BCUT2D eigenvalue weighted by molar-refractivity contribution is 0.0768. The van der Waals surface area contributed by atoms with Gasteiger partial charge >= 0.3 is 0 Å². The number of amides is 1. The third kappa shape index (κ3) is 7.09. The number of para-hydroxylation sites is 1. The molecule has 1 aromatic heterocycles. The average molecular weight is 693 g/mol. The van der Waals surface area contributed by atoms with Crippen LogP contribution in [0.1, 0.15) is 49.2 Å². The van der Waals surface area contributed by atoms with Crippen LogP contribution in [-0.2, 0) is 20.8 Å². The van der Waals surface area contributed by atoms with E-state index in [1.807, 2.05) is 38.9 Å². The van der Waals surface area contributed by atoms with Gasteiger partial charge in [0.15, 0.2) is 9.84 Å². The summed E-state index contributed by atoms with van der Waals surface area (Å²) < 4.78 is 32.8. The van der Waals surface area contributed by atoms with Gasteiger partial charge < -0.3 is 25.2 Å². The van der Waals surface area contributed by atoms with Crippen molar-refractivity contribution in [2.45, 2.75) is 54.9 Å². The maximum atomic E-state index is 13.2. The number of hydrogen-bond donors (Lipinski definition) is 2. The molecule has 1 aliphatic heterocycles. The van der Waals surface area contributed by atoms with E-state index in [-0.39, 0.29) is 22.9 Å². The molecule has 0 spiro atoms. The number of likely N-dealkylation sites (N-methyl/N-ethyl adjacent to an activating group) is 1. The molecule has 12 heteroatoms. The van der Waals surface area contributed by atoms with Crippen molar-refractivity contribution in [2.75, 3.05) is 37.8 Å². The van der Waals surface area contributed by atoms with Crippen LogP contribution in [-0.4, -0.2) is 72.6 Å². The molecule has 10 nitrogen and oxygen atoms in total. The highest BCUT2D eigenvalue weighted by atomic mass is 127. The standard InChI is InChI=1S/C29H37IN6O4S/c1-18(2)40-25-13-20-17-36(12-11-35(5)6)28(37)22(20)14-24(25)33-29-31-16-21(15-30)27(34-29)32-23-9-7-8-10-26(23)41(38,39)19(3)4/h7-10,13-14,16,18-19H,11-12,15,17H2,1-6H3,(H2,31,32,33,34). The summed E-state index contributed by atoms with van der Waals surface area (Å²) >= 11 is 2.22. The van der Waals surface area contributed by atoms with Crippen molar-refractivity contribution < 1.29 is 17.9 Å². The van der Waals surface area contributed by atoms with Crippen LogP contribution >= 0.6 is 22.6 Å². The summed E-state index contributed by atoms with van der Waals surface area (Å²) in [6, 6.07) is 10.5. The summed E-state index contributed by atoms with van der Waals surface area (Å²) in [5.41, 5.74) is 3.38. The van der Waals surface area contributed by atoms with Crippen LogP contribution in [0, 0.1) is 0 Å². The highest BCUT2D eigenvalue weighted by Gasteiger charge is 2.29. The average Bonchev–Trinajstić information content (AvgIpc) is 3.21. The van der Waals surface area contributed by atoms with Gasteiger partial charge in [-0.1, -0.05) is 34.7 Å². The Kier molecular flexibility index (Phi) is 9.75. The number of nitrogens with zero attached hydrogens (tertiary/aromatic N) is 4. The van der Waals surface area contributed by atoms with Gasteiger partial charge in [-0.05, 0) is 71.6 Å². The maximum absolute atomic E-state index is 13.2. The van der Waals surface area contributed by atoms with Gasteiger partial charge in [-0.2, -0.15) is 4.98 Å². The van der Waals surface area contributed by atoms with Crippen molar-refractivity contribution in [3.63, 3.8) is 0 Å². The second-order valence-electron chi connectivity index (χ2n) is 10.7. The van der Waals surface area contributed by atoms with E-state index < -0.39 is 15.1 Å². The number of sulfone groups is 1. The minimum Gasteiger partial charge on any atom is -0.489 e. The number of rotatable bonds is 12. The molecule has 0 aliphatic carbocycles. The minimum absolute atomic E-state index is 0.0208. The van der Waals surface area contributed by atoms with Crippen LogP contribution in [0.25, 0.3) is 0 Å². The van der Waals surface area contributed by atoms with Crippen molar-refractivity contribution in [2.24, 2.45) is 0 Å². The molecule has 0 saturated carbocycles. The van der Waals surface area contributed by atoms with Gasteiger partial charge in [0.1, 0.15) is 11.6 Å². The SMILES string of the molecule is CC(C)Oc1cc2c(cc1Nc1ncc(CI)c(Nc3ccccc3S(=O)(=O)C(C)C)n1)C(=O)N(CCN(C)C)C2. The first-order valence-corrected chi connectivity index (χ1v) is 16.5. The predicted molar refractivity (Wildman–Crippen MR) is 171 cm³/mol. The molecule has 41 heavy (non-hydrogen) atoms. The number of carbonyl (C=O) groups excluding carboxylic acids is 1. The third-order valence-electron chi connectivity index (χ3n) is 6.59. The topological polar surface area (TPSA) is 117 Å². The van der Waals surface area contributed by atoms with E-state index in [9.17, 15) is 13.2 Å². The molecule has 2 aromatic carbocycles. The largest absolute Gasteiger partial charge is 0.489 e. The molecule has 3 aromatic rings. The van der Waals surface area contributed by atoms with Gasteiger partial charge in [-0.15, -0.1) is 0 Å². The Labute approximate surface area is 256 Å². The number of halogens is 1. The molecule has 220 valence electrons. The smallest absolute Gasteiger partial charge is 0.254 e. The fraction of sp³-hybridized carbons (Fsp3) is 0.414. The summed E-state index contributed by atoms with van der Waals surface area (Å²) in [4.78, 5) is 26.5. The molecule has 0 bridgehead atoms. The van der Waals surface area contributed by atoms with E-state index in [1.165, 1.54) is 0 Å². The van der Waals surface area contributed by atoms with E-state index in [2.05, 4.69) is 43.1 Å². The van der Waals surface area contributed by atoms with Gasteiger partial charge in [0.05, 0.1) is 27.6 Å². The highest BCUT2D eigenvalue weighted by Crippen LogP contribution is 2.36. The Bertz CT molecular complexity index is 1530. The summed E-state index contributed by atoms with van der Waals surface area (Å²) in [5, 5.41) is 5.91. The van der Waals surface area contributed by atoms with Crippen LogP contribution in [0.2, 0.25) is 0 Å². The van der Waals surface area contributed by atoms with Crippen molar-refractivity contribution in [1.29, 1.82) is 0 Å². The molecule has 0 saturated heterocycles. The Morgan fingerprint density at radius 2 is 1.83 bits per heavy atom. The number of benzene rings is 2. The zero-order valence-corrected chi connectivity index (χ0v) is 27.2. The minimum atomic E-state index is -3.53. The molecule has 2 N–H and O–H groups in total. The number of hydrogen-bond acceptors (Lipinski definition) is 9. The Morgan fingerprint density at radius 1 is 1.10 bits per heavy atom. The zero-order chi connectivity index (χ0) is 29.9. The van der Waals surface area contributed by atoms with Gasteiger partial charge in [0.2, 0.25) is 5.95 Å². The number of fused-ring (bicyclic) bond motifs is 1. The monoisotopic (exact) mass is 692 g/mol. The van der Waals surface area contributed by atoms with Gasteiger partial charge in [0, 0.05) is 41.4 Å². The fourth-order valence-electron chi connectivity index (χ4n) is 4.34. The Morgan fingerprint density at radius 3 is 2.49 bits per heavy atom. The summed E-state index contributed by atoms with van der Waals surface area (Å²) in [6.45, 7) is 9.15. The van der Waals surface area contributed by atoms with Crippen LogP contribution < -0.4 is 15.4 Å². The molecule has 1 amide bonds.